The molecule has 0 spiro atoms. The maximum absolute atomic E-state index is 10.3. The van der Waals surface area contributed by atoms with Crippen molar-refractivity contribution in [3.63, 3.8) is 0 Å². The van der Waals surface area contributed by atoms with Crippen LogP contribution in [0.25, 0.3) is 0 Å². The Morgan fingerprint density at radius 2 is 1.75 bits per heavy atom. The lowest BCUT2D eigenvalue weighted by molar-refractivity contribution is -0.0745. The zero-order valence-corrected chi connectivity index (χ0v) is 8.65. The van der Waals surface area contributed by atoms with E-state index in [1.807, 2.05) is 6.92 Å². The Labute approximate surface area is 75.2 Å². The predicted octanol–water partition coefficient (Wildman–Crippen LogP) is 2.58. The van der Waals surface area contributed by atoms with Gasteiger partial charge >= 0.3 is 0 Å². The number of hydrogen-bond donors (Lipinski definition) is 1. The van der Waals surface area contributed by atoms with Crippen molar-refractivity contribution < 1.29 is 5.11 Å². The van der Waals surface area contributed by atoms with Crippen LogP contribution >= 0.6 is 0 Å². The molecule has 0 aromatic carbocycles. The van der Waals surface area contributed by atoms with Gasteiger partial charge in [-0.05, 0) is 37.5 Å². The number of aliphatic hydroxyl groups is 1. The van der Waals surface area contributed by atoms with Gasteiger partial charge in [-0.2, -0.15) is 0 Å². The van der Waals surface area contributed by atoms with Gasteiger partial charge < -0.3 is 5.11 Å². The average Bonchev–Trinajstić information content (AvgIpc) is 2.18. The molecule has 2 fully saturated rings. The fourth-order valence-electron chi connectivity index (χ4n) is 3.62. The minimum absolute atomic E-state index is 0.157. The van der Waals surface area contributed by atoms with E-state index in [1.165, 1.54) is 12.8 Å². The lowest BCUT2D eigenvalue weighted by atomic mass is 9.65. The molecule has 12 heavy (non-hydrogen) atoms. The molecule has 0 aliphatic heterocycles. The van der Waals surface area contributed by atoms with Crippen molar-refractivity contribution >= 4 is 0 Å². The first-order valence-corrected chi connectivity index (χ1v) is 5.04. The molecule has 0 amide bonds. The first-order chi connectivity index (χ1) is 5.31. The van der Waals surface area contributed by atoms with E-state index >= 15 is 0 Å². The van der Waals surface area contributed by atoms with E-state index in [2.05, 4.69) is 20.8 Å². The maximum Gasteiger partial charge on any atom is 0.0681 e. The highest BCUT2D eigenvalue weighted by atomic mass is 16.3. The van der Waals surface area contributed by atoms with Gasteiger partial charge in [0.2, 0.25) is 0 Å². The molecule has 1 N–H and O–H groups in total. The second kappa shape index (κ2) is 1.89. The highest BCUT2D eigenvalue weighted by Gasteiger charge is 2.66. The largest absolute Gasteiger partial charge is 0.390 e. The molecule has 70 valence electrons. The van der Waals surface area contributed by atoms with Crippen LogP contribution in [-0.2, 0) is 0 Å². The molecule has 2 aliphatic rings. The summed E-state index contributed by atoms with van der Waals surface area (Å²) in [5.74, 6) is 0.748. The average molecular weight is 168 g/mol. The summed E-state index contributed by atoms with van der Waals surface area (Å²) in [6.45, 7) is 8.94. The second-order valence-electron chi connectivity index (χ2n) is 5.77. The molecule has 2 bridgehead atoms. The van der Waals surface area contributed by atoms with Crippen molar-refractivity contribution in [2.45, 2.75) is 52.6 Å². The normalized spacial score (nSPS) is 56.2. The molecule has 0 unspecified atom stereocenters. The summed E-state index contributed by atoms with van der Waals surface area (Å²) in [5, 5.41) is 10.3. The zero-order chi connectivity index (χ0) is 9.20. The van der Waals surface area contributed by atoms with E-state index in [1.54, 1.807) is 0 Å². The van der Waals surface area contributed by atoms with Crippen molar-refractivity contribution in [1.82, 2.24) is 0 Å². The van der Waals surface area contributed by atoms with Crippen molar-refractivity contribution in [1.29, 1.82) is 0 Å². The first kappa shape index (κ1) is 8.55. The quantitative estimate of drug-likeness (QED) is 0.589. The summed E-state index contributed by atoms with van der Waals surface area (Å²) in [6.07, 6.45) is 3.54. The third-order valence-corrected chi connectivity index (χ3v) is 5.27. The molecule has 0 saturated heterocycles. The van der Waals surface area contributed by atoms with Crippen LogP contribution in [0.1, 0.15) is 47.0 Å². The SMILES string of the molecule is CC1(C)[C@@H]2CC[C@@]1(C)[C@@](C)(O)C2. The van der Waals surface area contributed by atoms with Crippen molar-refractivity contribution in [2.75, 3.05) is 0 Å². The summed E-state index contributed by atoms with van der Waals surface area (Å²) in [7, 11) is 0. The first-order valence-electron chi connectivity index (χ1n) is 5.04. The summed E-state index contributed by atoms with van der Waals surface area (Å²) in [6, 6.07) is 0. The van der Waals surface area contributed by atoms with Crippen LogP contribution in [0.4, 0.5) is 0 Å². The van der Waals surface area contributed by atoms with Gasteiger partial charge in [-0.25, -0.2) is 0 Å². The van der Waals surface area contributed by atoms with E-state index in [-0.39, 0.29) is 5.41 Å². The van der Waals surface area contributed by atoms with Crippen molar-refractivity contribution in [3.05, 3.63) is 0 Å². The summed E-state index contributed by atoms with van der Waals surface area (Å²) in [4.78, 5) is 0. The third-order valence-electron chi connectivity index (χ3n) is 5.27. The molecular weight excluding hydrogens is 148 g/mol. The Bertz CT molecular complexity index is 217. The second-order valence-corrected chi connectivity index (χ2v) is 5.77. The third kappa shape index (κ3) is 0.654. The van der Waals surface area contributed by atoms with Gasteiger partial charge in [-0.15, -0.1) is 0 Å². The Morgan fingerprint density at radius 3 is 1.92 bits per heavy atom. The van der Waals surface area contributed by atoms with E-state index in [4.69, 9.17) is 0 Å². The van der Waals surface area contributed by atoms with Crippen LogP contribution in [0.3, 0.4) is 0 Å². The van der Waals surface area contributed by atoms with E-state index < -0.39 is 5.60 Å². The lowest BCUT2D eigenvalue weighted by Crippen LogP contribution is -2.44. The highest BCUT2D eigenvalue weighted by molar-refractivity contribution is 5.16. The van der Waals surface area contributed by atoms with E-state index in [0.29, 0.717) is 5.41 Å². The lowest BCUT2D eigenvalue weighted by Gasteiger charge is -2.43. The standard InChI is InChI=1S/C11H20O/c1-9(2)8-5-6-10(9,3)11(4,12)7-8/h8,12H,5-7H2,1-4H3/t8-,10-,11+/m1/s1. The minimum Gasteiger partial charge on any atom is -0.390 e. The number of rotatable bonds is 0. The fourth-order valence-corrected chi connectivity index (χ4v) is 3.62. The molecular formula is C11H20O. The molecule has 2 rings (SSSR count). The fraction of sp³-hybridized carbons (Fsp3) is 1.00. The molecule has 0 aromatic heterocycles. The molecule has 0 radical (unpaired) electrons. The van der Waals surface area contributed by atoms with Gasteiger partial charge in [0.25, 0.3) is 0 Å². The Hall–Kier alpha value is -0.0400. The predicted molar refractivity (Wildman–Crippen MR) is 49.9 cm³/mol. The van der Waals surface area contributed by atoms with E-state index in [0.717, 1.165) is 12.3 Å². The highest BCUT2D eigenvalue weighted by Crippen LogP contribution is 2.69. The van der Waals surface area contributed by atoms with Crippen LogP contribution in [-0.4, -0.2) is 10.7 Å². The van der Waals surface area contributed by atoms with E-state index in [9.17, 15) is 5.11 Å². The summed E-state index contributed by atoms with van der Waals surface area (Å²) in [5.41, 5.74) is 0.0839. The molecule has 0 heterocycles. The van der Waals surface area contributed by atoms with Gasteiger partial charge in [0, 0.05) is 5.41 Å². The minimum atomic E-state index is -0.417. The zero-order valence-electron chi connectivity index (χ0n) is 8.65. The monoisotopic (exact) mass is 168 g/mol. The van der Waals surface area contributed by atoms with Gasteiger partial charge in [-0.3, -0.25) is 0 Å². The smallest absolute Gasteiger partial charge is 0.0681 e. The van der Waals surface area contributed by atoms with Gasteiger partial charge in [0.05, 0.1) is 5.60 Å². The Kier molecular flexibility index (Phi) is 1.35. The van der Waals surface area contributed by atoms with Crippen molar-refractivity contribution in [3.8, 4) is 0 Å². The molecule has 2 saturated carbocycles. The van der Waals surface area contributed by atoms with Gasteiger partial charge in [0.1, 0.15) is 0 Å². The van der Waals surface area contributed by atoms with Gasteiger partial charge in [-0.1, -0.05) is 20.8 Å². The Balaban J connectivity index is 2.47. The van der Waals surface area contributed by atoms with Crippen molar-refractivity contribution in [2.24, 2.45) is 16.7 Å². The molecule has 1 nitrogen and oxygen atoms in total. The van der Waals surface area contributed by atoms with Gasteiger partial charge in [0.15, 0.2) is 0 Å². The topological polar surface area (TPSA) is 20.2 Å². The summed E-state index contributed by atoms with van der Waals surface area (Å²) >= 11 is 0. The molecule has 2 aliphatic carbocycles. The molecule has 1 heteroatoms. The van der Waals surface area contributed by atoms with Crippen LogP contribution in [0.5, 0.6) is 0 Å². The van der Waals surface area contributed by atoms with Crippen LogP contribution in [0.15, 0.2) is 0 Å². The molecule has 0 aromatic rings. The number of fused-ring (bicyclic) bond motifs is 2. The van der Waals surface area contributed by atoms with Crippen LogP contribution in [0, 0.1) is 16.7 Å². The maximum atomic E-state index is 10.3. The molecule has 3 atom stereocenters. The van der Waals surface area contributed by atoms with Crippen LogP contribution in [0.2, 0.25) is 0 Å². The summed E-state index contributed by atoms with van der Waals surface area (Å²) < 4.78 is 0. The number of hydrogen-bond acceptors (Lipinski definition) is 1. The van der Waals surface area contributed by atoms with Crippen LogP contribution < -0.4 is 0 Å². The Morgan fingerprint density at radius 1 is 1.17 bits per heavy atom.